The number of hydrogen-bond donors (Lipinski definition) is 0. The molecule has 1 aromatic rings. The number of alkyl halides is 3. The average Bonchev–Trinajstić information content (AvgIpc) is 2.29. The molecule has 1 saturated heterocycles. The molecule has 1 aliphatic heterocycles. The summed E-state index contributed by atoms with van der Waals surface area (Å²) in [4.78, 5) is 0. The summed E-state index contributed by atoms with van der Waals surface area (Å²) >= 11 is 0. The molecule has 16 heavy (non-hydrogen) atoms. The van der Waals surface area contributed by atoms with E-state index >= 15 is 0 Å². The largest absolute Gasteiger partial charge is 0.493 e. The minimum Gasteiger partial charge on any atom is -0.407 e. The molecule has 0 radical (unpaired) electrons. The molecule has 86 valence electrons. The van der Waals surface area contributed by atoms with Gasteiger partial charge in [0.05, 0.1) is 5.56 Å². The van der Waals surface area contributed by atoms with Crippen LogP contribution in [0.1, 0.15) is 12.0 Å². The Morgan fingerprint density at radius 2 is 1.56 bits per heavy atom. The molecule has 6 heteroatoms. The van der Waals surface area contributed by atoms with E-state index in [-0.39, 0.29) is 0 Å². The quantitative estimate of drug-likeness (QED) is 0.685. The molecule has 2 rings (SSSR count). The Morgan fingerprint density at radius 1 is 1.00 bits per heavy atom. The lowest BCUT2D eigenvalue weighted by Crippen LogP contribution is -2.40. The summed E-state index contributed by atoms with van der Waals surface area (Å²) < 4.78 is 47.5. The highest BCUT2D eigenvalue weighted by Gasteiger charge is 2.31. The van der Waals surface area contributed by atoms with Gasteiger partial charge in [0.1, 0.15) is 0 Å². The van der Waals surface area contributed by atoms with E-state index in [4.69, 9.17) is 9.31 Å². The Balaban J connectivity index is 2.12. The van der Waals surface area contributed by atoms with Gasteiger partial charge in [-0.25, -0.2) is 0 Å². The molecule has 0 aromatic heterocycles. The molecule has 0 N–H and O–H groups in total. The second kappa shape index (κ2) is 4.47. The molecule has 0 amide bonds. The number of hydrogen-bond acceptors (Lipinski definition) is 2. The molecule has 2 nitrogen and oxygen atoms in total. The maximum Gasteiger partial charge on any atom is 0.493 e. The van der Waals surface area contributed by atoms with E-state index in [0.717, 1.165) is 18.6 Å². The molecule has 1 fully saturated rings. The molecule has 1 heterocycles. The fourth-order valence-electron chi connectivity index (χ4n) is 1.51. The number of rotatable bonds is 1. The van der Waals surface area contributed by atoms with Crippen LogP contribution in [0.15, 0.2) is 24.3 Å². The van der Waals surface area contributed by atoms with E-state index in [1.165, 1.54) is 12.1 Å². The summed E-state index contributed by atoms with van der Waals surface area (Å²) in [5, 5.41) is 0. The van der Waals surface area contributed by atoms with E-state index in [1.54, 1.807) is 0 Å². The van der Waals surface area contributed by atoms with Crippen molar-refractivity contribution in [1.29, 1.82) is 0 Å². The molecule has 1 aromatic carbocycles. The zero-order valence-electron chi connectivity index (χ0n) is 8.46. The van der Waals surface area contributed by atoms with Gasteiger partial charge in [0.25, 0.3) is 0 Å². The van der Waals surface area contributed by atoms with Gasteiger partial charge in [-0.05, 0) is 11.9 Å². The van der Waals surface area contributed by atoms with Crippen molar-refractivity contribution in [3.63, 3.8) is 0 Å². The Morgan fingerprint density at radius 3 is 2.06 bits per heavy atom. The fourth-order valence-corrected chi connectivity index (χ4v) is 1.51. The first-order chi connectivity index (χ1) is 7.57. The van der Waals surface area contributed by atoms with E-state index in [2.05, 4.69) is 0 Å². The molecule has 0 spiro atoms. The molecule has 1 aliphatic rings. The SMILES string of the molecule is FC(F)(F)c1ccc(B2OCCCO2)cc1. The molecule has 0 saturated carbocycles. The average molecular weight is 230 g/mol. The molecule has 0 aliphatic carbocycles. The van der Waals surface area contributed by atoms with Crippen LogP contribution < -0.4 is 5.46 Å². The van der Waals surface area contributed by atoms with Gasteiger partial charge in [-0.1, -0.05) is 24.3 Å². The Kier molecular flexibility index (Phi) is 3.21. The zero-order valence-corrected chi connectivity index (χ0v) is 8.46. The maximum absolute atomic E-state index is 12.3. The van der Waals surface area contributed by atoms with Gasteiger partial charge in [-0.3, -0.25) is 0 Å². The van der Waals surface area contributed by atoms with Crippen LogP contribution in [0.25, 0.3) is 0 Å². The van der Waals surface area contributed by atoms with E-state index in [9.17, 15) is 13.2 Å². The van der Waals surface area contributed by atoms with Gasteiger partial charge in [-0.2, -0.15) is 13.2 Å². The fraction of sp³-hybridized carbons (Fsp3) is 0.400. The monoisotopic (exact) mass is 230 g/mol. The summed E-state index contributed by atoms with van der Waals surface area (Å²) in [7, 11) is -0.531. The minimum absolute atomic E-state index is 0.531. The number of halogens is 3. The van der Waals surface area contributed by atoms with Crippen molar-refractivity contribution in [3.8, 4) is 0 Å². The standard InChI is InChI=1S/C10H10BF3O2/c12-10(13,14)8-2-4-9(5-3-8)11-15-6-1-7-16-11/h2-5H,1,6-7H2. The second-order valence-electron chi connectivity index (χ2n) is 3.55. The van der Waals surface area contributed by atoms with Gasteiger partial charge < -0.3 is 9.31 Å². The zero-order chi connectivity index (χ0) is 11.6. The minimum atomic E-state index is -4.30. The second-order valence-corrected chi connectivity index (χ2v) is 3.55. The van der Waals surface area contributed by atoms with Crippen molar-refractivity contribution in [2.24, 2.45) is 0 Å². The van der Waals surface area contributed by atoms with Crippen molar-refractivity contribution in [2.45, 2.75) is 12.6 Å². The van der Waals surface area contributed by atoms with Crippen LogP contribution >= 0.6 is 0 Å². The van der Waals surface area contributed by atoms with E-state index in [1.807, 2.05) is 0 Å². The lowest BCUT2D eigenvalue weighted by Gasteiger charge is -2.20. The van der Waals surface area contributed by atoms with Crippen LogP contribution in [0.5, 0.6) is 0 Å². The first-order valence-electron chi connectivity index (χ1n) is 4.98. The Bertz CT molecular complexity index is 344. The van der Waals surface area contributed by atoms with Crippen LogP contribution in [0.4, 0.5) is 13.2 Å². The normalized spacial score (nSPS) is 17.6. The Labute approximate surface area is 91.5 Å². The molecule has 0 atom stereocenters. The van der Waals surface area contributed by atoms with E-state index in [0.29, 0.717) is 18.7 Å². The van der Waals surface area contributed by atoms with Crippen molar-refractivity contribution >= 4 is 12.6 Å². The van der Waals surface area contributed by atoms with Gasteiger partial charge >= 0.3 is 13.3 Å². The third-order valence-electron chi connectivity index (χ3n) is 2.34. The smallest absolute Gasteiger partial charge is 0.407 e. The van der Waals surface area contributed by atoms with Gasteiger partial charge in [0.15, 0.2) is 0 Å². The summed E-state index contributed by atoms with van der Waals surface area (Å²) in [6.07, 6.45) is -3.48. The first-order valence-corrected chi connectivity index (χ1v) is 4.98. The van der Waals surface area contributed by atoms with Crippen LogP contribution in [-0.4, -0.2) is 20.3 Å². The highest BCUT2D eigenvalue weighted by atomic mass is 19.4. The lowest BCUT2D eigenvalue weighted by atomic mass is 9.78. The lowest BCUT2D eigenvalue weighted by molar-refractivity contribution is -0.137. The van der Waals surface area contributed by atoms with Crippen LogP contribution in [-0.2, 0) is 15.5 Å². The van der Waals surface area contributed by atoms with Gasteiger partial charge in [0.2, 0.25) is 0 Å². The molecule has 0 unspecified atom stereocenters. The van der Waals surface area contributed by atoms with Crippen LogP contribution in [0.3, 0.4) is 0 Å². The summed E-state index contributed by atoms with van der Waals surface area (Å²) in [5.74, 6) is 0. The predicted molar refractivity (Wildman–Crippen MR) is 53.4 cm³/mol. The Hall–Kier alpha value is -1.01. The summed E-state index contributed by atoms with van der Waals surface area (Å²) in [5.41, 5.74) is -0.0419. The van der Waals surface area contributed by atoms with Crippen LogP contribution in [0.2, 0.25) is 0 Å². The topological polar surface area (TPSA) is 18.5 Å². The molecular formula is C10H10BF3O2. The van der Waals surface area contributed by atoms with Crippen LogP contribution in [0, 0.1) is 0 Å². The third kappa shape index (κ3) is 2.57. The maximum atomic E-state index is 12.3. The molecular weight excluding hydrogens is 220 g/mol. The third-order valence-corrected chi connectivity index (χ3v) is 2.34. The highest BCUT2D eigenvalue weighted by molar-refractivity contribution is 6.61. The molecule has 0 bridgehead atoms. The van der Waals surface area contributed by atoms with Gasteiger partial charge in [0, 0.05) is 13.2 Å². The number of benzene rings is 1. The first kappa shape index (κ1) is 11.5. The highest BCUT2D eigenvalue weighted by Crippen LogP contribution is 2.28. The van der Waals surface area contributed by atoms with Crippen molar-refractivity contribution in [1.82, 2.24) is 0 Å². The van der Waals surface area contributed by atoms with E-state index < -0.39 is 18.9 Å². The van der Waals surface area contributed by atoms with Crippen molar-refractivity contribution in [2.75, 3.05) is 13.2 Å². The predicted octanol–water partition coefficient (Wildman–Crippen LogP) is 1.84. The summed E-state index contributed by atoms with van der Waals surface area (Å²) in [6.45, 7) is 1.15. The summed E-state index contributed by atoms with van der Waals surface area (Å²) in [6, 6.07) is 4.85. The van der Waals surface area contributed by atoms with Crippen molar-refractivity contribution in [3.05, 3.63) is 29.8 Å². The van der Waals surface area contributed by atoms with Crippen molar-refractivity contribution < 1.29 is 22.5 Å². The van der Waals surface area contributed by atoms with Gasteiger partial charge in [-0.15, -0.1) is 0 Å².